The normalized spacial score (nSPS) is 11.3. The van der Waals surface area contributed by atoms with Crippen molar-refractivity contribution in [1.82, 2.24) is 9.97 Å². The Bertz CT molecular complexity index is 674. The van der Waals surface area contributed by atoms with Crippen molar-refractivity contribution < 1.29 is 12.8 Å². The molecule has 1 aromatic carbocycles. The molecule has 0 bridgehead atoms. The van der Waals surface area contributed by atoms with Crippen LogP contribution in [0.25, 0.3) is 0 Å². The Kier molecular flexibility index (Phi) is 3.68. The number of nitrogens with zero attached hydrogens (tertiary/aromatic N) is 3. The third-order valence-electron chi connectivity index (χ3n) is 2.33. The average Bonchev–Trinajstić information content (AvgIpc) is 2.37. The van der Waals surface area contributed by atoms with E-state index in [1.54, 1.807) is 6.07 Å². The smallest absolute Gasteiger partial charge is 0.237 e. The van der Waals surface area contributed by atoms with Crippen molar-refractivity contribution in [1.29, 1.82) is 0 Å². The van der Waals surface area contributed by atoms with E-state index in [4.69, 9.17) is 11.6 Å². The first-order valence-electron chi connectivity index (χ1n) is 5.13. The first-order chi connectivity index (χ1) is 8.91. The van der Waals surface area contributed by atoms with Gasteiger partial charge in [-0.2, -0.15) is 0 Å². The molecule has 0 radical (unpaired) electrons. The topological polar surface area (TPSA) is 63.2 Å². The molecule has 0 atom stereocenters. The molecule has 1 heterocycles. The van der Waals surface area contributed by atoms with Crippen molar-refractivity contribution in [3.63, 3.8) is 0 Å². The molecule has 5 nitrogen and oxygen atoms in total. The fourth-order valence-corrected chi connectivity index (χ4v) is 2.85. The predicted molar refractivity (Wildman–Crippen MR) is 69.0 cm³/mol. The van der Waals surface area contributed by atoms with Gasteiger partial charge in [-0.15, -0.1) is 0 Å². The molecule has 0 saturated carbocycles. The first-order valence-corrected chi connectivity index (χ1v) is 6.95. The number of benzene rings is 1. The monoisotopic (exact) mass is 301 g/mol. The maximum Gasteiger partial charge on any atom is 0.266 e. The van der Waals surface area contributed by atoms with Crippen LogP contribution in [0.5, 0.6) is 0 Å². The molecule has 8 heteroatoms. The lowest BCUT2D eigenvalue weighted by Crippen LogP contribution is -2.28. The molecule has 0 spiro atoms. The van der Waals surface area contributed by atoms with Gasteiger partial charge in [0.2, 0.25) is 5.95 Å². The lowest BCUT2D eigenvalue weighted by molar-refractivity contribution is 0.588. The maximum absolute atomic E-state index is 13.2. The van der Waals surface area contributed by atoms with Crippen molar-refractivity contribution >= 4 is 27.6 Å². The molecule has 0 amide bonds. The van der Waals surface area contributed by atoms with E-state index in [2.05, 4.69) is 9.97 Å². The molecule has 0 saturated heterocycles. The van der Waals surface area contributed by atoms with E-state index < -0.39 is 15.8 Å². The van der Waals surface area contributed by atoms with Gasteiger partial charge in [0.05, 0.1) is 4.90 Å². The number of sulfonamides is 1. The summed E-state index contributed by atoms with van der Waals surface area (Å²) < 4.78 is 38.6. The number of halogens is 2. The maximum atomic E-state index is 13.2. The van der Waals surface area contributed by atoms with Gasteiger partial charge in [-0.1, -0.05) is 11.6 Å². The lowest BCUT2D eigenvalue weighted by Gasteiger charge is -2.17. The number of aromatic nitrogens is 2. The van der Waals surface area contributed by atoms with Crippen LogP contribution in [0.3, 0.4) is 0 Å². The summed E-state index contributed by atoms with van der Waals surface area (Å²) in [6, 6.07) is 4.64. The van der Waals surface area contributed by atoms with Gasteiger partial charge in [-0.05, 0) is 24.3 Å². The Labute approximate surface area is 114 Å². The van der Waals surface area contributed by atoms with Crippen LogP contribution < -0.4 is 4.31 Å². The van der Waals surface area contributed by atoms with Crippen LogP contribution in [-0.4, -0.2) is 25.4 Å². The third kappa shape index (κ3) is 2.82. The lowest BCUT2D eigenvalue weighted by atomic mass is 10.3. The third-order valence-corrected chi connectivity index (χ3v) is 4.26. The molecule has 0 aliphatic carbocycles. The van der Waals surface area contributed by atoms with Gasteiger partial charge in [0.15, 0.2) is 0 Å². The molecular weight excluding hydrogens is 293 g/mol. The second-order valence-corrected chi connectivity index (χ2v) is 6.03. The summed E-state index contributed by atoms with van der Waals surface area (Å²) in [5.74, 6) is -0.740. The van der Waals surface area contributed by atoms with Crippen LogP contribution in [0.4, 0.5) is 10.3 Å². The quantitative estimate of drug-likeness (QED) is 0.871. The predicted octanol–water partition coefficient (Wildman–Crippen LogP) is 2.09. The summed E-state index contributed by atoms with van der Waals surface area (Å²) >= 11 is 5.65. The summed E-state index contributed by atoms with van der Waals surface area (Å²) in [4.78, 5) is 7.39. The zero-order chi connectivity index (χ0) is 14.0. The van der Waals surface area contributed by atoms with Crippen molar-refractivity contribution in [2.45, 2.75) is 4.90 Å². The number of hydrogen-bond donors (Lipinski definition) is 0. The first kappa shape index (κ1) is 13.7. The summed E-state index contributed by atoms with van der Waals surface area (Å²) in [7, 11) is -2.67. The fourth-order valence-electron chi connectivity index (χ4n) is 1.40. The molecular formula is C11H9ClFN3O2S. The second kappa shape index (κ2) is 5.10. The minimum Gasteiger partial charge on any atom is -0.237 e. The summed E-state index contributed by atoms with van der Waals surface area (Å²) in [6.45, 7) is 0. The highest BCUT2D eigenvalue weighted by Gasteiger charge is 2.24. The van der Waals surface area contributed by atoms with Crippen molar-refractivity contribution in [3.8, 4) is 0 Å². The summed E-state index contributed by atoms with van der Waals surface area (Å²) in [6.07, 6.45) is 2.82. The Balaban J connectivity index is 2.48. The Morgan fingerprint density at radius 1 is 1.21 bits per heavy atom. The Morgan fingerprint density at radius 2 is 1.84 bits per heavy atom. The van der Waals surface area contributed by atoms with Crippen LogP contribution in [0.15, 0.2) is 41.6 Å². The van der Waals surface area contributed by atoms with Crippen LogP contribution in [0, 0.1) is 5.82 Å². The highest BCUT2D eigenvalue weighted by molar-refractivity contribution is 7.92. The van der Waals surface area contributed by atoms with Gasteiger partial charge in [0.25, 0.3) is 10.0 Å². The van der Waals surface area contributed by atoms with Crippen LogP contribution in [-0.2, 0) is 10.0 Å². The van der Waals surface area contributed by atoms with E-state index in [1.165, 1.54) is 25.5 Å². The van der Waals surface area contributed by atoms with Gasteiger partial charge in [-0.25, -0.2) is 27.1 Å². The van der Waals surface area contributed by atoms with E-state index in [0.29, 0.717) is 0 Å². The standard InChI is InChI=1S/C11H9ClFN3O2S/c1-16(11-14-3-2-4-15-11)19(17,18)10-6-8(12)5-9(13)7-10/h2-7H,1H3. The van der Waals surface area contributed by atoms with Gasteiger partial charge in [0.1, 0.15) is 5.82 Å². The minimum atomic E-state index is -3.95. The van der Waals surface area contributed by atoms with Gasteiger partial charge in [-0.3, -0.25) is 0 Å². The SMILES string of the molecule is CN(c1ncccn1)S(=O)(=O)c1cc(F)cc(Cl)c1. The number of rotatable bonds is 3. The Hall–Kier alpha value is -1.73. The molecule has 1 aromatic heterocycles. The fraction of sp³-hybridized carbons (Fsp3) is 0.0909. The van der Waals surface area contributed by atoms with E-state index in [9.17, 15) is 12.8 Å². The molecule has 19 heavy (non-hydrogen) atoms. The second-order valence-electron chi connectivity index (χ2n) is 3.63. The molecule has 0 N–H and O–H groups in total. The van der Waals surface area contributed by atoms with Gasteiger partial charge in [0, 0.05) is 24.5 Å². The average molecular weight is 302 g/mol. The molecule has 0 aliphatic heterocycles. The molecule has 0 fully saturated rings. The Morgan fingerprint density at radius 3 is 2.42 bits per heavy atom. The highest BCUT2D eigenvalue weighted by Crippen LogP contribution is 2.22. The van der Waals surface area contributed by atoms with Crippen LogP contribution in [0.2, 0.25) is 5.02 Å². The van der Waals surface area contributed by atoms with Crippen molar-refractivity contribution in [2.75, 3.05) is 11.4 Å². The van der Waals surface area contributed by atoms with Crippen molar-refractivity contribution in [3.05, 3.63) is 47.5 Å². The molecule has 0 unspecified atom stereocenters. The van der Waals surface area contributed by atoms with Crippen LogP contribution >= 0.6 is 11.6 Å². The number of anilines is 1. The van der Waals surface area contributed by atoms with E-state index in [0.717, 1.165) is 16.4 Å². The minimum absolute atomic E-state index is 0.000884. The zero-order valence-corrected chi connectivity index (χ0v) is 11.4. The highest BCUT2D eigenvalue weighted by atomic mass is 35.5. The summed E-state index contributed by atoms with van der Waals surface area (Å²) in [5.41, 5.74) is 0. The van der Waals surface area contributed by atoms with Gasteiger partial charge < -0.3 is 0 Å². The zero-order valence-electron chi connectivity index (χ0n) is 9.79. The largest absolute Gasteiger partial charge is 0.266 e. The summed E-state index contributed by atoms with van der Waals surface area (Å²) in [5, 5.41) is 0.000884. The molecule has 100 valence electrons. The molecule has 2 aromatic rings. The van der Waals surface area contributed by atoms with Crippen LogP contribution in [0.1, 0.15) is 0 Å². The van der Waals surface area contributed by atoms with E-state index >= 15 is 0 Å². The van der Waals surface area contributed by atoms with E-state index in [1.807, 2.05) is 0 Å². The van der Waals surface area contributed by atoms with Crippen molar-refractivity contribution in [2.24, 2.45) is 0 Å². The van der Waals surface area contributed by atoms with E-state index in [-0.39, 0.29) is 15.9 Å². The molecule has 2 rings (SSSR count). The number of hydrogen-bond acceptors (Lipinski definition) is 4. The molecule has 0 aliphatic rings. The van der Waals surface area contributed by atoms with Gasteiger partial charge >= 0.3 is 0 Å².